The molecule has 0 bridgehead atoms. The molecule has 0 saturated carbocycles. The van der Waals surface area contributed by atoms with E-state index in [2.05, 4.69) is 173 Å². The zero-order chi connectivity index (χ0) is 38.2. The molecule has 0 fully saturated rings. The minimum absolute atomic E-state index is 0.854. The van der Waals surface area contributed by atoms with Crippen molar-refractivity contribution in [1.29, 1.82) is 0 Å². The molecule has 0 atom stereocenters. The minimum Gasteiger partial charge on any atom is -0.456 e. The van der Waals surface area contributed by atoms with E-state index in [1.165, 1.54) is 21.5 Å². The standard InChI is InChI=1S/C51H33N5OSi/c1-6-22-43-36(17-1)37-18-2-7-23-44(37)56(43)48-25-14-28-51(54-48)58(49-26-9-11-29-52-49,50-27-10-12-30-53-50)35-16-13-15-34(31-35)55-42-21-5-3-19-38(42)40-32-41-39-20-4-8-24-46(39)57-47(41)33-45(40)55/h1-33H. The largest absolute Gasteiger partial charge is 0.456 e. The lowest BCUT2D eigenvalue weighted by molar-refractivity contribution is 0.669. The Morgan fingerprint density at radius 1 is 0.379 bits per heavy atom. The van der Waals surface area contributed by atoms with Crippen LogP contribution in [0.1, 0.15) is 0 Å². The van der Waals surface area contributed by atoms with E-state index in [-0.39, 0.29) is 0 Å². The zero-order valence-electron chi connectivity index (χ0n) is 31.2. The van der Waals surface area contributed by atoms with Gasteiger partial charge in [0.1, 0.15) is 17.0 Å². The quantitative estimate of drug-likeness (QED) is 0.159. The Kier molecular flexibility index (Phi) is 7.15. The number of hydrogen-bond acceptors (Lipinski definition) is 4. The molecule has 272 valence electrons. The van der Waals surface area contributed by atoms with Crippen LogP contribution in [0.2, 0.25) is 0 Å². The van der Waals surface area contributed by atoms with Gasteiger partial charge in [-0.3, -0.25) is 14.5 Å². The highest BCUT2D eigenvalue weighted by atomic mass is 28.3. The Balaban J connectivity index is 1.15. The Hall–Kier alpha value is -7.61. The number of aromatic nitrogens is 5. The second-order valence-corrected chi connectivity index (χ2v) is 18.4. The molecule has 0 N–H and O–H groups in total. The van der Waals surface area contributed by atoms with Crippen molar-refractivity contribution in [3.05, 3.63) is 200 Å². The molecule has 0 spiro atoms. The molecule has 0 saturated heterocycles. The SMILES string of the molecule is c1ccc([Si](c2cccc(-n3c4ccccc4c4cc5c(cc43)oc3ccccc35)c2)(c2ccccn2)c2cccc(-n3c4ccccc4c4ccccc43)n2)nc1. The van der Waals surface area contributed by atoms with Gasteiger partial charge >= 0.3 is 0 Å². The zero-order valence-corrected chi connectivity index (χ0v) is 32.2. The molecule has 6 nitrogen and oxygen atoms in total. The summed E-state index contributed by atoms with van der Waals surface area (Å²) in [5, 5.41) is 11.0. The minimum atomic E-state index is -3.30. The van der Waals surface area contributed by atoms with Gasteiger partial charge in [0, 0.05) is 72.4 Å². The summed E-state index contributed by atoms with van der Waals surface area (Å²) in [6.07, 6.45) is 3.79. The van der Waals surface area contributed by atoms with Crippen LogP contribution >= 0.6 is 0 Å². The fourth-order valence-corrected chi connectivity index (χ4v) is 13.5. The maximum absolute atomic E-state index is 6.46. The summed E-state index contributed by atoms with van der Waals surface area (Å²) in [6, 6.07) is 66.4. The van der Waals surface area contributed by atoms with Gasteiger partial charge in [0.2, 0.25) is 8.07 Å². The van der Waals surface area contributed by atoms with Crippen LogP contribution in [-0.4, -0.2) is 32.2 Å². The van der Waals surface area contributed by atoms with E-state index in [1.54, 1.807) is 0 Å². The highest BCUT2D eigenvalue weighted by molar-refractivity contribution is 7.18. The van der Waals surface area contributed by atoms with E-state index >= 15 is 0 Å². The number of furan rings is 1. The van der Waals surface area contributed by atoms with Crippen LogP contribution in [0.5, 0.6) is 0 Å². The number of hydrogen-bond donors (Lipinski definition) is 0. The number of para-hydroxylation sites is 4. The summed E-state index contributed by atoms with van der Waals surface area (Å²) in [6.45, 7) is 0. The summed E-state index contributed by atoms with van der Waals surface area (Å²) in [5.41, 5.74) is 7.24. The van der Waals surface area contributed by atoms with Crippen molar-refractivity contribution in [2.45, 2.75) is 0 Å². The van der Waals surface area contributed by atoms with Crippen LogP contribution in [-0.2, 0) is 0 Å². The van der Waals surface area contributed by atoms with Crippen molar-refractivity contribution in [1.82, 2.24) is 24.1 Å². The van der Waals surface area contributed by atoms with E-state index in [9.17, 15) is 0 Å². The summed E-state index contributed by atoms with van der Waals surface area (Å²) >= 11 is 0. The maximum Gasteiger partial charge on any atom is 0.243 e. The normalized spacial score (nSPS) is 12.1. The first-order chi connectivity index (χ1) is 28.8. The van der Waals surface area contributed by atoms with Crippen molar-refractivity contribution in [2.24, 2.45) is 0 Å². The lowest BCUT2D eigenvalue weighted by Gasteiger charge is -2.31. The Bertz CT molecular complexity index is 3440. The van der Waals surface area contributed by atoms with Crippen LogP contribution < -0.4 is 21.1 Å². The van der Waals surface area contributed by atoms with Crippen LogP contribution in [0.3, 0.4) is 0 Å². The fourth-order valence-electron chi connectivity index (χ4n) is 9.28. The van der Waals surface area contributed by atoms with Gasteiger partial charge in [0.25, 0.3) is 0 Å². The predicted molar refractivity (Wildman–Crippen MR) is 239 cm³/mol. The van der Waals surface area contributed by atoms with Crippen LogP contribution in [0.25, 0.3) is 77.1 Å². The van der Waals surface area contributed by atoms with E-state index < -0.39 is 8.07 Å². The second kappa shape index (κ2) is 12.7. The summed E-state index contributed by atoms with van der Waals surface area (Å²) in [5.74, 6) is 0.854. The number of pyridine rings is 3. The summed E-state index contributed by atoms with van der Waals surface area (Å²) in [4.78, 5) is 16.0. The van der Waals surface area contributed by atoms with Gasteiger partial charge in [0.15, 0.2) is 0 Å². The van der Waals surface area contributed by atoms with Crippen molar-refractivity contribution >= 4 is 94.8 Å². The molecule has 6 aromatic carbocycles. The molecule has 58 heavy (non-hydrogen) atoms. The maximum atomic E-state index is 6.46. The average molecular weight is 760 g/mol. The lowest BCUT2D eigenvalue weighted by Crippen LogP contribution is -2.77. The van der Waals surface area contributed by atoms with Crippen molar-refractivity contribution < 1.29 is 4.42 Å². The number of fused-ring (bicyclic) bond motifs is 9. The van der Waals surface area contributed by atoms with Crippen LogP contribution in [0.4, 0.5) is 0 Å². The predicted octanol–water partition coefficient (Wildman–Crippen LogP) is 9.34. The monoisotopic (exact) mass is 759 g/mol. The van der Waals surface area contributed by atoms with Crippen LogP contribution in [0, 0.1) is 0 Å². The first-order valence-electron chi connectivity index (χ1n) is 19.5. The Morgan fingerprint density at radius 3 is 1.62 bits per heavy atom. The van der Waals surface area contributed by atoms with E-state index in [0.29, 0.717) is 0 Å². The van der Waals surface area contributed by atoms with Crippen molar-refractivity contribution in [3.8, 4) is 11.5 Å². The third-order valence-electron chi connectivity index (χ3n) is 11.7. The number of nitrogens with zero attached hydrogens (tertiary/aromatic N) is 5. The van der Waals surface area contributed by atoms with Gasteiger partial charge in [-0.2, -0.15) is 0 Å². The molecule has 12 aromatic rings. The molecular weight excluding hydrogens is 727 g/mol. The molecular formula is C51H33N5OSi. The van der Waals surface area contributed by atoms with Gasteiger partial charge in [-0.1, -0.05) is 103 Å². The van der Waals surface area contributed by atoms with E-state index in [1.807, 2.05) is 36.7 Å². The third kappa shape index (κ3) is 4.68. The highest BCUT2D eigenvalue weighted by Gasteiger charge is 2.46. The van der Waals surface area contributed by atoms with Gasteiger partial charge in [-0.05, 0) is 84.0 Å². The number of benzene rings is 6. The van der Waals surface area contributed by atoms with Crippen LogP contribution in [0.15, 0.2) is 205 Å². The molecule has 0 aliphatic carbocycles. The topological polar surface area (TPSA) is 61.7 Å². The first kappa shape index (κ1) is 32.6. The average Bonchev–Trinajstić information content (AvgIpc) is 3.94. The third-order valence-corrected chi connectivity index (χ3v) is 16.1. The van der Waals surface area contributed by atoms with Gasteiger partial charge in [-0.25, -0.2) is 4.98 Å². The first-order valence-corrected chi connectivity index (χ1v) is 21.5. The molecule has 0 aliphatic rings. The Morgan fingerprint density at radius 2 is 0.948 bits per heavy atom. The van der Waals surface area contributed by atoms with Gasteiger partial charge < -0.3 is 8.98 Å². The molecule has 0 amide bonds. The smallest absolute Gasteiger partial charge is 0.243 e. The summed E-state index contributed by atoms with van der Waals surface area (Å²) in [7, 11) is -3.30. The molecule has 6 heterocycles. The molecule has 12 rings (SSSR count). The molecule has 0 radical (unpaired) electrons. The van der Waals surface area contributed by atoms with Crippen molar-refractivity contribution in [2.75, 3.05) is 0 Å². The Labute approximate surface area is 333 Å². The van der Waals surface area contributed by atoms with Crippen molar-refractivity contribution in [3.63, 3.8) is 0 Å². The molecule has 6 aromatic heterocycles. The molecule has 0 aliphatic heterocycles. The second-order valence-electron chi connectivity index (χ2n) is 14.8. The van der Waals surface area contributed by atoms with Gasteiger partial charge in [-0.15, -0.1) is 0 Å². The number of rotatable bonds is 6. The van der Waals surface area contributed by atoms with Gasteiger partial charge in [0.05, 0.1) is 22.1 Å². The molecule has 0 unspecified atom stereocenters. The van der Waals surface area contributed by atoms with E-state index in [0.717, 1.165) is 76.6 Å². The fraction of sp³-hybridized carbons (Fsp3) is 0. The summed E-state index contributed by atoms with van der Waals surface area (Å²) < 4.78 is 11.1. The highest BCUT2D eigenvalue weighted by Crippen LogP contribution is 2.38. The molecule has 7 heteroatoms. The van der Waals surface area contributed by atoms with E-state index in [4.69, 9.17) is 19.4 Å². The lowest BCUT2D eigenvalue weighted by atomic mass is 10.1.